The Bertz CT molecular complexity index is 245. The summed E-state index contributed by atoms with van der Waals surface area (Å²) in [6.45, 7) is 2.19. The summed E-state index contributed by atoms with van der Waals surface area (Å²) in [5.41, 5.74) is 0. The number of aliphatic hydroxyl groups is 1. The minimum Gasteiger partial charge on any atom is -0.385 e. The summed E-state index contributed by atoms with van der Waals surface area (Å²) >= 11 is 0. The first-order valence-electron chi connectivity index (χ1n) is 3.23. The molecule has 0 radical (unpaired) electrons. The van der Waals surface area contributed by atoms with Gasteiger partial charge in [-0.25, -0.2) is 4.79 Å². The molecule has 2 N–H and O–H groups in total. The van der Waals surface area contributed by atoms with Crippen LogP contribution in [0.2, 0.25) is 0 Å². The average molecular weight is 197 g/mol. The monoisotopic (exact) mass is 197 g/mol. The molecule has 0 saturated carbocycles. The third-order valence-electron chi connectivity index (χ3n) is 0.712. The third-order valence-corrected chi connectivity index (χ3v) is 1.88. The van der Waals surface area contributed by atoms with E-state index in [-0.39, 0.29) is 6.04 Å². The van der Waals surface area contributed by atoms with Crippen molar-refractivity contribution in [1.29, 1.82) is 0 Å². The van der Waals surface area contributed by atoms with Crippen LogP contribution in [0.1, 0.15) is 13.8 Å². The lowest BCUT2D eigenvalue weighted by molar-refractivity contribution is -0.136. The maximum Gasteiger partial charge on any atom is 0.385 e. The van der Waals surface area contributed by atoms with E-state index in [2.05, 4.69) is 4.18 Å². The number of carbonyl (C=O) groups excluding carboxylic acids is 1. The van der Waals surface area contributed by atoms with E-state index >= 15 is 0 Å². The third kappa shape index (κ3) is 5.05. The normalized spacial score (nSPS) is 11.7. The molecule has 7 heteroatoms. The number of nitrogens with one attached hydrogen (secondary N) is 1. The van der Waals surface area contributed by atoms with Crippen LogP contribution in [-0.2, 0) is 19.3 Å². The zero-order valence-electron chi connectivity index (χ0n) is 6.77. The van der Waals surface area contributed by atoms with Gasteiger partial charge in [0.2, 0.25) is 0 Å². The first kappa shape index (κ1) is 11.3. The lowest BCUT2D eigenvalue weighted by Crippen LogP contribution is -2.34. The van der Waals surface area contributed by atoms with E-state index in [1.807, 2.05) is 4.72 Å². The van der Waals surface area contributed by atoms with Crippen LogP contribution < -0.4 is 4.72 Å². The maximum atomic E-state index is 10.7. The highest BCUT2D eigenvalue weighted by Crippen LogP contribution is 1.91. The Morgan fingerprint density at radius 2 is 2.08 bits per heavy atom. The van der Waals surface area contributed by atoms with E-state index < -0.39 is 22.9 Å². The Hall–Kier alpha value is -0.660. The second kappa shape index (κ2) is 4.39. The van der Waals surface area contributed by atoms with E-state index in [4.69, 9.17) is 5.11 Å². The summed E-state index contributed by atoms with van der Waals surface area (Å²) in [6, 6.07) is -0.360. The molecule has 0 atom stereocenters. The fraction of sp³-hybridized carbons (Fsp3) is 0.800. The molecule has 72 valence electrons. The molecule has 6 nitrogen and oxygen atoms in total. The molecule has 0 aliphatic heterocycles. The zero-order valence-corrected chi connectivity index (χ0v) is 7.59. The number of aliphatic hydroxyl groups excluding tert-OH is 1. The smallest absolute Gasteiger partial charge is 0.385 e. The largest absolute Gasteiger partial charge is 0.385 e. The average Bonchev–Trinajstić information content (AvgIpc) is 1.83. The molecule has 0 aromatic carbocycles. The van der Waals surface area contributed by atoms with Crippen molar-refractivity contribution >= 4 is 16.3 Å². The molecule has 0 heterocycles. The molecule has 0 aliphatic carbocycles. The first-order chi connectivity index (χ1) is 5.37. The molecule has 0 saturated heterocycles. The quantitative estimate of drug-likeness (QED) is 0.588. The van der Waals surface area contributed by atoms with Crippen molar-refractivity contribution in [3.8, 4) is 0 Å². The molecule has 0 rings (SSSR count). The van der Waals surface area contributed by atoms with Crippen LogP contribution in [0, 0.1) is 0 Å². The van der Waals surface area contributed by atoms with Gasteiger partial charge in [0.15, 0.2) is 0 Å². The van der Waals surface area contributed by atoms with Gasteiger partial charge in [-0.15, -0.1) is 0 Å². The van der Waals surface area contributed by atoms with E-state index in [1.165, 1.54) is 0 Å². The van der Waals surface area contributed by atoms with Gasteiger partial charge in [-0.3, -0.25) is 0 Å². The topological polar surface area (TPSA) is 92.7 Å². The molecule has 12 heavy (non-hydrogen) atoms. The molecule has 0 aromatic rings. The van der Waals surface area contributed by atoms with Gasteiger partial charge in [-0.1, -0.05) is 0 Å². The van der Waals surface area contributed by atoms with Crippen molar-refractivity contribution in [2.75, 3.05) is 6.61 Å². The van der Waals surface area contributed by atoms with E-state index in [9.17, 15) is 13.2 Å². The molecule has 0 bridgehead atoms. The lowest BCUT2D eigenvalue weighted by atomic mass is 10.4. The van der Waals surface area contributed by atoms with Crippen molar-refractivity contribution in [1.82, 2.24) is 4.72 Å². The molecule has 0 fully saturated rings. The van der Waals surface area contributed by atoms with E-state index in [0.717, 1.165) is 0 Å². The van der Waals surface area contributed by atoms with Crippen LogP contribution in [0.5, 0.6) is 0 Å². The Morgan fingerprint density at radius 3 is 2.42 bits per heavy atom. The minimum atomic E-state index is -4.05. The van der Waals surface area contributed by atoms with Gasteiger partial charge in [0.1, 0.15) is 6.61 Å². The standard InChI is InChI=1S/C5H11NO5S/c1-4(2)6-12(9,10)11-5(8)3-7/h4,6-7H,3H2,1-2H3. The molecule has 0 amide bonds. The molecular weight excluding hydrogens is 186 g/mol. The van der Waals surface area contributed by atoms with Crippen LogP contribution in [0.4, 0.5) is 0 Å². The van der Waals surface area contributed by atoms with Gasteiger partial charge in [0.25, 0.3) is 0 Å². The molecule has 0 spiro atoms. The summed E-state index contributed by atoms with van der Waals surface area (Å²) in [4.78, 5) is 10.3. The van der Waals surface area contributed by atoms with Crippen molar-refractivity contribution in [3.05, 3.63) is 0 Å². The predicted octanol–water partition coefficient (Wildman–Crippen LogP) is -1.24. The Labute approximate surface area is 70.8 Å². The highest BCUT2D eigenvalue weighted by atomic mass is 32.2. The fourth-order valence-electron chi connectivity index (χ4n) is 0.461. The van der Waals surface area contributed by atoms with Crippen molar-refractivity contribution in [3.63, 3.8) is 0 Å². The summed E-state index contributed by atoms with van der Waals surface area (Å²) < 4.78 is 27.4. The van der Waals surface area contributed by atoms with Gasteiger partial charge in [-0.2, -0.15) is 13.1 Å². The van der Waals surface area contributed by atoms with Crippen molar-refractivity contribution in [2.24, 2.45) is 0 Å². The van der Waals surface area contributed by atoms with Crippen molar-refractivity contribution < 1.29 is 22.5 Å². The predicted molar refractivity (Wildman–Crippen MR) is 40.4 cm³/mol. The van der Waals surface area contributed by atoms with Gasteiger partial charge in [0.05, 0.1) is 0 Å². The summed E-state index contributed by atoms with van der Waals surface area (Å²) in [6.07, 6.45) is 0. The fourth-order valence-corrected chi connectivity index (χ4v) is 1.38. The van der Waals surface area contributed by atoms with Crippen molar-refractivity contribution in [2.45, 2.75) is 19.9 Å². The van der Waals surface area contributed by atoms with Gasteiger partial charge in [-0.05, 0) is 13.8 Å². The number of hydrogen-bond acceptors (Lipinski definition) is 5. The van der Waals surface area contributed by atoms with E-state index in [1.54, 1.807) is 13.8 Å². The van der Waals surface area contributed by atoms with Crippen LogP contribution in [-0.4, -0.2) is 32.1 Å². The maximum absolute atomic E-state index is 10.7. The van der Waals surface area contributed by atoms with Crippen LogP contribution in [0.3, 0.4) is 0 Å². The SMILES string of the molecule is CC(C)NS(=O)(=O)OC(=O)CO. The van der Waals surface area contributed by atoms with Crippen LogP contribution >= 0.6 is 0 Å². The van der Waals surface area contributed by atoms with Crippen LogP contribution in [0.25, 0.3) is 0 Å². The summed E-state index contributed by atoms with van der Waals surface area (Å²) in [7, 11) is -4.05. The zero-order chi connectivity index (χ0) is 9.78. The number of rotatable bonds is 4. The second-order valence-corrected chi connectivity index (χ2v) is 3.65. The molecular formula is C5H11NO5S. The molecule has 0 aromatic heterocycles. The van der Waals surface area contributed by atoms with Crippen LogP contribution in [0.15, 0.2) is 0 Å². The second-order valence-electron chi connectivity index (χ2n) is 2.34. The highest BCUT2D eigenvalue weighted by Gasteiger charge is 2.16. The molecule has 0 unspecified atom stereocenters. The Morgan fingerprint density at radius 1 is 1.58 bits per heavy atom. The van der Waals surface area contributed by atoms with E-state index in [0.29, 0.717) is 0 Å². The van der Waals surface area contributed by atoms with Gasteiger partial charge < -0.3 is 9.29 Å². The highest BCUT2D eigenvalue weighted by molar-refractivity contribution is 7.85. The minimum absolute atomic E-state index is 0.360. The van der Waals surface area contributed by atoms with Gasteiger partial charge in [0, 0.05) is 6.04 Å². The number of carbonyl (C=O) groups is 1. The lowest BCUT2D eigenvalue weighted by Gasteiger charge is -2.07. The summed E-state index contributed by atoms with van der Waals surface area (Å²) in [5.74, 6) is -1.21. The Balaban J connectivity index is 4.15. The Kier molecular flexibility index (Phi) is 4.15. The molecule has 0 aliphatic rings. The summed E-state index contributed by atoms with van der Waals surface area (Å²) in [5, 5.41) is 8.17. The first-order valence-corrected chi connectivity index (χ1v) is 4.63. The van der Waals surface area contributed by atoms with Gasteiger partial charge >= 0.3 is 16.3 Å². The number of hydrogen-bond donors (Lipinski definition) is 2.